The number of benzene rings is 1. The lowest BCUT2D eigenvalue weighted by Crippen LogP contribution is -2.02. The van der Waals surface area contributed by atoms with Crippen molar-refractivity contribution >= 4 is 5.97 Å². The SMILES string of the molecule is CCCCCCCCCOc1ccc(C(=O)O)cc1F. The molecule has 0 radical (unpaired) electrons. The Morgan fingerprint density at radius 3 is 2.40 bits per heavy atom. The molecule has 0 heterocycles. The average Bonchev–Trinajstić information content (AvgIpc) is 2.43. The summed E-state index contributed by atoms with van der Waals surface area (Å²) in [7, 11) is 0. The maximum atomic E-state index is 13.5. The Morgan fingerprint density at radius 1 is 1.15 bits per heavy atom. The Balaban J connectivity index is 2.20. The van der Waals surface area contributed by atoms with Gasteiger partial charge in [-0.05, 0) is 24.6 Å². The number of rotatable bonds is 10. The van der Waals surface area contributed by atoms with E-state index in [2.05, 4.69) is 6.92 Å². The van der Waals surface area contributed by atoms with Crippen molar-refractivity contribution in [3.8, 4) is 5.75 Å². The van der Waals surface area contributed by atoms with Crippen LogP contribution in [-0.4, -0.2) is 17.7 Å². The molecule has 112 valence electrons. The van der Waals surface area contributed by atoms with Crippen LogP contribution in [0.5, 0.6) is 5.75 Å². The van der Waals surface area contributed by atoms with Gasteiger partial charge in [-0.2, -0.15) is 0 Å². The van der Waals surface area contributed by atoms with Crippen LogP contribution in [0, 0.1) is 5.82 Å². The van der Waals surface area contributed by atoms with Crippen LogP contribution in [0.15, 0.2) is 18.2 Å². The van der Waals surface area contributed by atoms with Crippen LogP contribution in [0.3, 0.4) is 0 Å². The minimum atomic E-state index is -1.14. The summed E-state index contributed by atoms with van der Waals surface area (Å²) in [5.74, 6) is -1.63. The van der Waals surface area contributed by atoms with Crippen LogP contribution in [0.1, 0.15) is 62.2 Å². The van der Waals surface area contributed by atoms with Crippen LogP contribution in [0.25, 0.3) is 0 Å². The second-order valence-electron chi connectivity index (χ2n) is 4.92. The lowest BCUT2D eigenvalue weighted by atomic mass is 10.1. The number of hydrogen-bond acceptors (Lipinski definition) is 2. The highest BCUT2D eigenvalue weighted by atomic mass is 19.1. The van der Waals surface area contributed by atoms with Crippen molar-refractivity contribution in [1.29, 1.82) is 0 Å². The number of unbranched alkanes of at least 4 members (excludes halogenated alkanes) is 6. The number of ether oxygens (including phenoxy) is 1. The summed E-state index contributed by atoms with van der Waals surface area (Å²) in [5, 5.41) is 8.73. The Labute approximate surface area is 119 Å². The first-order valence-electron chi connectivity index (χ1n) is 7.30. The van der Waals surface area contributed by atoms with Gasteiger partial charge in [-0.1, -0.05) is 45.4 Å². The Kier molecular flexibility index (Phi) is 7.70. The molecule has 0 aliphatic carbocycles. The molecular formula is C16H23FO3. The smallest absolute Gasteiger partial charge is 0.335 e. The van der Waals surface area contributed by atoms with Crippen LogP contribution < -0.4 is 4.74 Å². The van der Waals surface area contributed by atoms with Gasteiger partial charge in [0.25, 0.3) is 0 Å². The number of carboxylic acid groups (broad SMARTS) is 1. The number of halogens is 1. The fourth-order valence-corrected chi connectivity index (χ4v) is 1.99. The molecule has 0 unspecified atom stereocenters. The zero-order chi connectivity index (χ0) is 14.8. The minimum Gasteiger partial charge on any atom is -0.491 e. The molecule has 0 aliphatic rings. The third-order valence-corrected chi connectivity index (χ3v) is 3.18. The first kappa shape index (κ1) is 16.5. The van der Waals surface area contributed by atoms with Gasteiger partial charge in [-0.25, -0.2) is 9.18 Å². The van der Waals surface area contributed by atoms with Crippen molar-refractivity contribution in [1.82, 2.24) is 0 Å². The minimum absolute atomic E-state index is 0.0641. The van der Waals surface area contributed by atoms with Gasteiger partial charge >= 0.3 is 5.97 Å². The van der Waals surface area contributed by atoms with Crippen molar-refractivity contribution in [2.75, 3.05) is 6.61 Å². The highest BCUT2D eigenvalue weighted by Gasteiger charge is 2.08. The maximum absolute atomic E-state index is 13.5. The number of hydrogen-bond donors (Lipinski definition) is 1. The van der Waals surface area contributed by atoms with Gasteiger partial charge in [-0.15, -0.1) is 0 Å². The van der Waals surface area contributed by atoms with Crippen LogP contribution >= 0.6 is 0 Å². The molecule has 1 aromatic rings. The van der Waals surface area contributed by atoms with Gasteiger partial charge in [0.05, 0.1) is 12.2 Å². The molecule has 20 heavy (non-hydrogen) atoms. The average molecular weight is 282 g/mol. The van der Waals surface area contributed by atoms with E-state index in [0.29, 0.717) is 6.61 Å². The first-order valence-corrected chi connectivity index (χ1v) is 7.30. The molecule has 1 aromatic carbocycles. The molecule has 0 fully saturated rings. The van der Waals surface area contributed by atoms with E-state index in [1.807, 2.05) is 0 Å². The van der Waals surface area contributed by atoms with Gasteiger partial charge in [-0.3, -0.25) is 0 Å². The fourth-order valence-electron chi connectivity index (χ4n) is 1.99. The van der Waals surface area contributed by atoms with Crippen molar-refractivity contribution < 1.29 is 19.0 Å². The molecule has 1 N–H and O–H groups in total. The van der Waals surface area contributed by atoms with Crippen LogP contribution in [0.4, 0.5) is 4.39 Å². The number of carbonyl (C=O) groups is 1. The van der Waals surface area contributed by atoms with E-state index >= 15 is 0 Å². The molecule has 0 atom stereocenters. The molecule has 0 spiro atoms. The van der Waals surface area contributed by atoms with Crippen molar-refractivity contribution in [2.24, 2.45) is 0 Å². The largest absolute Gasteiger partial charge is 0.491 e. The summed E-state index contributed by atoms with van der Waals surface area (Å²) in [5.41, 5.74) is -0.0641. The Bertz CT molecular complexity index is 418. The maximum Gasteiger partial charge on any atom is 0.335 e. The molecule has 0 aliphatic heterocycles. The molecule has 4 heteroatoms. The van der Waals surface area contributed by atoms with E-state index in [-0.39, 0.29) is 11.3 Å². The van der Waals surface area contributed by atoms with Crippen molar-refractivity contribution in [3.63, 3.8) is 0 Å². The molecule has 3 nitrogen and oxygen atoms in total. The van der Waals surface area contributed by atoms with Gasteiger partial charge in [0, 0.05) is 0 Å². The second-order valence-corrected chi connectivity index (χ2v) is 4.92. The molecule has 1 rings (SSSR count). The van der Waals surface area contributed by atoms with E-state index in [9.17, 15) is 9.18 Å². The molecular weight excluding hydrogens is 259 g/mol. The standard InChI is InChI=1S/C16H23FO3/c1-2-3-4-5-6-7-8-11-20-15-10-9-13(16(18)19)12-14(15)17/h9-10,12H,2-8,11H2,1H3,(H,18,19). The monoisotopic (exact) mass is 282 g/mol. The molecule has 0 amide bonds. The van der Waals surface area contributed by atoms with E-state index in [1.165, 1.54) is 44.2 Å². The Morgan fingerprint density at radius 2 is 1.80 bits per heavy atom. The first-order chi connectivity index (χ1) is 9.65. The zero-order valence-corrected chi connectivity index (χ0v) is 12.0. The summed E-state index contributed by atoms with van der Waals surface area (Å²) in [6, 6.07) is 3.72. The fraction of sp³-hybridized carbons (Fsp3) is 0.562. The molecule has 0 bridgehead atoms. The lowest BCUT2D eigenvalue weighted by Gasteiger charge is -2.07. The van der Waals surface area contributed by atoms with Gasteiger partial charge < -0.3 is 9.84 Å². The van der Waals surface area contributed by atoms with E-state index < -0.39 is 11.8 Å². The summed E-state index contributed by atoms with van der Waals surface area (Å²) in [4.78, 5) is 10.7. The van der Waals surface area contributed by atoms with Crippen LogP contribution in [-0.2, 0) is 0 Å². The van der Waals surface area contributed by atoms with Crippen molar-refractivity contribution in [2.45, 2.75) is 51.9 Å². The lowest BCUT2D eigenvalue weighted by molar-refractivity contribution is 0.0696. The third-order valence-electron chi connectivity index (χ3n) is 3.18. The third kappa shape index (κ3) is 6.04. The van der Waals surface area contributed by atoms with Crippen molar-refractivity contribution in [3.05, 3.63) is 29.6 Å². The molecule has 0 saturated carbocycles. The quantitative estimate of drug-likeness (QED) is 0.635. The molecule has 0 aromatic heterocycles. The summed E-state index contributed by atoms with van der Waals surface area (Å²) in [6.07, 6.45) is 8.22. The highest BCUT2D eigenvalue weighted by molar-refractivity contribution is 5.87. The van der Waals surface area contributed by atoms with E-state index in [1.54, 1.807) is 0 Å². The number of aromatic carboxylic acids is 1. The normalized spacial score (nSPS) is 10.5. The van der Waals surface area contributed by atoms with Gasteiger partial charge in [0.2, 0.25) is 0 Å². The zero-order valence-electron chi connectivity index (χ0n) is 12.0. The topological polar surface area (TPSA) is 46.5 Å². The van der Waals surface area contributed by atoms with E-state index in [0.717, 1.165) is 18.9 Å². The molecule has 0 saturated heterocycles. The highest BCUT2D eigenvalue weighted by Crippen LogP contribution is 2.19. The summed E-state index contributed by atoms with van der Waals surface area (Å²) in [6.45, 7) is 2.66. The predicted octanol–water partition coefficient (Wildman–Crippen LogP) is 4.65. The summed E-state index contributed by atoms with van der Waals surface area (Å²) < 4.78 is 18.9. The van der Waals surface area contributed by atoms with Crippen LogP contribution in [0.2, 0.25) is 0 Å². The van der Waals surface area contributed by atoms with Gasteiger partial charge in [0.15, 0.2) is 11.6 Å². The summed E-state index contributed by atoms with van der Waals surface area (Å²) >= 11 is 0. The predicted molar refractivity (Wildman–Crippen MR) is 76.8 cm³/mol. The van der Waals surface area contributed by atoms with Gasteiger partial charge in [0.1, 0.15) is 0 Å². The van der Waals surface area contributed by atoms with E-state index in [4.69, 9.17) is 9.84 Å². The second kappa shape index (κ2) is 9.34. The Hall–Kier alpha value is -1.58. The number of carboxylic acids is 1.